The summed E-state index contributed by atoms with van der Waals surface area (Å²) in [6.45, 7) is 14.0. The van der Waals surface area contributed by atoms with Gasteiger partial charge in [0.1, 0.15) is 11.5 Å². The van der Waals surface area contributed by atoms with Crippen molar-refractivity contribution >= 4 is 11.8 Å². The Bertz CT molecular complexity index is 561. The molecule has 0 aliphatic rings. The van der Waals surface area contributed by atoms with Crippen molar-refractivity contribution in [3.8, 4) is 0 Å². The average molecular weight is 351 g/mol. The summed E-state index contributed by atoms with van der Waals surface area (Å²) in [4.78, 5) is 26.6. The minimum absolute atomic E-state index is 0.00286. The summed E-state index contributed by atoms with van der Waals surface area (Å²) in [5.41, 5.74) is 0.599. The van der Waals surface area contributed by atoms with Crippen molar-refractivity contribution in [3.05, 3.63) is 23.2 Å². The zero-order valence-corrected chi connectivity index (χ0v) is 16.6. The molecule has 2 amide bonds. The molecule has 5 nitrogen and oxygen atoms in total. The Morgan fingerprint density at radius 1 is 1.08 bits per heavy atom. The van der Waals surface area contributed by atoms with Gasteiger partial charge in [0.05, 0.1) is 5.56 Å². The highest BCUT2D eigenvalue weighted by atomic mass is 16.3. The van der Waals surface area contributed by atoms with Gasteiger partial charge in [-0.2, -0.15) is 0 Å². The first-order valence-electron chi connectivity index (χ1n) is 9.33. The summed E-state index contributed by atoms with van der Waals surface area (Å²) in [7, 11) is 0. The number of carbonyl (C=O) groups excluding carboxylic acids is 2. The van der Waals surface area contributed by atoms with E-state index in [2.05, 4.69) is 33.0 Å². The highest BCUT2D eigenvalue weighted by Crippen LogP contribution is 2.17. The molecule has 0 bridgehead atoms. The zero-order chi connectivity index (χ0) is 19.0. The highest BCUT2D eigenvalue weighted by Gasteiger charge is 2.21. The lowest BCUT2D eigenvalue weighted by Gasteiger charge is -2.23. The van der Waals surface area contributed by atoms with Gasteiger partial charge in [-0.3, -0.25) is 9.59 Å². The molecule has 0 radical (unpaired) electrons. The summed E-state index contributed by atoms with van der Waals surface area (Å²) >= 11 is 0. The van der Waals surface area contributed by atoms with Gasteiger partial charge in [-0.25, -0.2) is 0 Å². The number of aryl methyl sites for hydroxylation is 2. The van der Waals surface area contributed by atoms with Crippen LogP contribution in [0.4, 0.5) is 0 Å². The first kappa shape index (κ1) is 21.3. The molecule has 5 heteroatoms. The van der Waals surface area contributed by atoms with E-state index in [4.69, 9.17) is 4.42 Å². The first-order chi connectivity index (χ1) is 11.7. The van der Waals surface area contributed by atoms with Crippen LogP contribution in [0.5, 0.6) is 0 Å². The lowest BCUT2D eigenvalue weighted by atomic mass is 10.1. The SMILES string of the molecule is Cc1cc(C(=O)N(CCC(=O)NCCC(C)C)CCC(C)C)c(C)o1. The van der Waals surface area contributed by atoms with Gasteiger partial charge >= 0.3 is 0 Å². The van der Waals surface area contributed by atoms with E-state index in [9.17, 15) is 9.59 Å². The van der Waals surface area contributed by atoms with Crippen LogP contribution >= 0.6 is 0 Å². The number of amides is 2. The minimum atomic E-state index is -0.0509. The molecule has 0 fully saturated rings. The first-order valence-corrected chi connectivity index (χ1v) is 9.33. The third-order valence-electron chi connectivity index (χ3n) is 4.19. The molecule has 1 aromatic heterocycles. The molecule has 0 saturated heterocycles. The lowest BCUT2D eigenvalue weighted by molar-refractivity contribution is -0.121. The molecule has 0 saturated carbocycles. The largest absolute Gasteiger partial charge is 0.466 e. The third-order valence-corrected chi connectivity index (χ3v) is 4.19. The van der Waals surface area contributed by atoms with Crippen LogP contribution in [0.15, 0.2) is 10.5 Å². The Kier molecular flexibility index (Phi) is 8.73. The van der Waals surface area contributed by atoms with E-state index < -0.39 is 0 Å². The fraction of sp³-hybridized carbons (Fsp3) is 0.700. The average Bonchev–Trinajstić information content (AvgIpc) is 2.84. The smallest absolute Gasteiger partial charge is 0.257 e. The van der Waals surface area contributed by atoms with Crippen LogP contribution in [0.25, 0.3) is 0 Å². The van der Waals surface area contributed by atoms with Crippen LogP contribution in [0.3, 0.4) is 0 Å². The summed E-state index contributed by atoms with van der Waals surface area (Å²) in [5, 5.41) is 2.93. The maximum absolute atomic E-state index is 12.8. The fourth-order valence-electron chi connectivity index (χ4n) is 2.57. The van der Waals surface area contributed by atoms with Crippen LogP contribution in [-0.2, 0) is 4.79 Å². The van der Waals surface area contributed by atoms with E-state index in [0.717, 1.165) is 18.6 Å². The monoisotopic (exact) mass is 350 g/mol. The van der Waals surface area contributed by atoms with E-state index in [-0.39, 0.29) is 11.8 Å². The van der Waals surface area contributed by atoms with Gasteiger partial charge in [-0.1, -0.05) is 27.7 Å². The number of nitrogens with zero attached hydrogens (tertiary/aromatic N) is 1. The van der Waals surface area contributed by atoms with Crippen molar-refractivity contribution in [2.45, 2.75) is 60.8 Å². The van der Waals surface area contributed by atoms with Crippen molar-refractivity contribution in [1.29, 1.82) is 0 Å². The normalized spacial score (nSPS) is 11.2. The number of carbonyl (C=O) groups is 2. The Hall–Kier alpha value is -1.78. The number of rotatable bonds is 10. The molecular formula is C20H34N2O3. The maximum atomic E-state index is 12.8. The molecule has 0 unspecified atom stereocenters. The lowest BCUT2D eigenvalue weighted by Crippen LogP contribution is -2.36. The van der Waals surface area contributed by atoms with E-state index in [1.807, 2.05) is 6.92 Å². The van der Waals surface area contributed by atoms with Crippen LogP contribution < -0.4 is 5.32 Å². The molecule has 0 aliphatic carbocycles. The van der Waals surface area contributed by atoms with Gasteiger partial charge < -0.3 is 14.6 Å². The predicted molar refractivity (Wildman–Crippen MR) is 101 cm³/mol. The van der Waals surface area contributed by atoms with Gasteiger partial charge in [0.2, 0.25) is 5.91 Å². The van der Waals surface area contributed by atoms with E-state index in [0.29, 0.717) is 49.2 Å². The molecule has 1 N–H and O–H groups in total. The Balaban J connectivity index is 2.65. The molecule has 0 aromatic carbocycles. The Morgan fingerprint density at radius 2 is 1.72 bits per heavy atom. The van der Waals surface area contributed by atoms with Gasteiger partial charge in [0, 0.05) is 26.1 Å². The van der Waals surface area contributed by atoms with E-state index >= 15 is 0 Å². The molecule has 1 aromatic rings. The van der Waals surface area contributed by atoms with Crippen LogP contribution in [0.2, 0.25) is 0 Å². The highest BCUT2D eigenvalue weighted by molar-refractivity contribution is 5.95. The summed E-state index contributed by atoms with van der Waals surface area (Å²) in [6, 6.07) is 1.78. The van der Waals surface area contributed by atoms with Crippen LogP contribution in [0, 0.1) is 25.7 Å². The molecular weight excluding hydrogens is 316 g/mol. The second kappa shape index (κ2) is 10.3. The second-order valence-electron chi connectivity index (χ2n) is 7.58. The molecule has 142 valence electrons. The van der Waals surface area contributed by atoms with Crippen molar-refractivity contribution in [2.24, 2.45) is 11.8 Å². The number of nitrogens with one attached hydrogen (secondary N) is 1. The molecule has 1 heterocycles. The van der Waals surface area contributed by atoms with Crippen molar-refractivity contribution in [1.82, 2.24) is 10.2 Å². The van der Waals surface area contributed by atoms with Crippen molar-refractivity contribution in [2.75, 3.05) is 19.6 Å². The molecule has 0 spiro atoms. The molecule has 0 atom stereocenters. The van der Waals surface area contributed by atoms with Crippen LogP contribution in [0.1, 0.15) is 68.8 Å². The summed E-state index contributed by atoms with van der Waals surface area (Å²) in [6.07, 6.45) is 2.21. The Labute approximate surface area is 152 Å². The van der Waals surface area contributed by atoms with E-state index in [1.165, 1.54) is 0 Å². The van der Waals surface area contributed by atoms with E-state index in [1.54, 1.807) is 17.9 Å². The maximum Gasteiger partial charge on any atom is 0.257 e. The summed E-state index contributed by atoms with van der Waals surface area (Å²) < 4.78 is 5.49. The quantitative estimate of drug-likeness (QED) is 0.695. The zero-order valence-electron chi connectivity index (χ0n) is 16.6. The standard InChI is InChI=1S/C20H34N2O3/c1-14(2)7-10-21-19(23)9-12-22(11-8-15(3)4)20(24)18-13-16(5)25-17(18)6/h13-15H,7-12H2,1-6H3,(H,21,23). The molecule has 1 rings (SSSR count). The number of hydrogen-bond donors (Lipinski definition) is 1. The Morgan fingerprint density at radius 3 is 2.24 bits per heavy atom. The van der Waals surface area contributed by atoms with Gasteiger partial charge in [-0.05, 0) is 44.6 Å². The fourth-order valence-corrected chi connectivity index (χ4v) is 2.57. The predicted octanol–water partition coefficient (Wildman–Crippen LogP) is 3.94. The number of hydrogen-bond acceptors (Lipinski definition) is 3. The molecule has 25 heavy (non-hydrogen) atoms. The van der Waals surface area contributed by atoms with Gasteiger partial charge in [-0.15, -0.1) is 0 Å². The van der Waals surface area contributed by atoms with Crippen molar-refractivity contribution in [3.63, 3.8) is 0 Å². The third kappa shape index (κ3) is 7.76. The number of furan rings is 1. The topological polar surface area (TPSA) is 62.6 Å². The van der Waals surface area contributed by atoms with Crippen LogP contribution in [-0.4, -0.2) is 36.3 Å². The molecule has 0 aliphatic heterocycles. The second-order valence-corrected chi connectivity index (χ2v) is 7.58. The van der Waals surface area contributed by atoms with Gasteiger partial charge in [0.15, 0.2) is 0 Å². The van der Waals surface area contributed by atoms with Crippen molar-refractivity contribution < 1.29 is 14.0 Å². The summed E-state index contributed by atoms with van der Waals surface area (Å²) in [5.74, 6) is 2.39. The van der Waals surface area contributed by atoms with Gasteiger partial charge in [0.25, 0.3) is 5.91 Å². The minimum Gasteiger partial charge on any atom is -0.466 e.